The molecule has 5 nitrogen and oxygen atoms in total. The summed E-state index contributed by atoms with van der Waals surface area (Å²) >= 11 is 0. The van der Waals surface area contributed by atoms with E-state index in [0.29, 0.717) is 6.54 Å². The number of rotatable bonds is 10. The Morgan fingerprint density at radius 1 is 1.38 bits per heavy atom. The van der Waals surface area contributed by atoms with Crippen LogP contribution in [0.1, 0.15) is 31.4 Å². The SMILES string of the molecule is C/C=C\C=C(/C)CNCC(COc1ccc2c(c1)CCC2)ON=O. The molecular formula is C19H26N2O3. The highest BCUT2D eigenvalue weighted by Gasteiger charge is 2.14. The number of nitrogens with zero attached hydrogens (tertiary/aromatic N) is 1. The van der Waals surface area contributed by atoms with Gasteiger partial charge in [-0.2, -0.15) is 0 Å². The van der Waals surface area contributed by atoms with Gasteiger partial charge in [0.05, 0.1) is 0 Å². The maximum Gasteiger partial charge on any atom is 0.176 e. The fraction of sp³-hybridized carbons (Fsp3) is 0.474. The molecule has 2 rings (SSSR count). The van der Waals surface area contributed by atoms with Gasteiger partial charge in [0.1, 0.15) is 12.4 Å². The zero-order valence-corrected chi connectivity index (χ0v) is 14.5. The van der Waals surface area contributed by atoms with Crippen molar-refractivity contribution in [3.05, 3.63) is 58.0 Å². The van der Waals surface area contributed by atoms with E-state index in [9.17, 15) is 4.91 Å². The van der Waals surface area contributed by atoms with E-state index in [0.717, 1.165) is 25.1 Å². The van der Waals surface area contributed by atoms with Crippen LogP contribution >= 0.6 is 0 Å². The molecule has 0 bridgehead atoms. The standard InChI is InChI=1S/C19H26N2O3/c1-3-4-6-15(2)12-20-13-19(24-21-22)14-23-18-10-9-16-7-5-8-17(16)11-18/h3-4,6,9-11,19-20H,5,7-8,12-14H2,1-2H3/b4-3-,15-6+. The molecule has 0 radical (unpaired) electrons. The molecule has 0 saturated heterocycles. The number of hydrogen-bond acceptors (Lipinski definition) is 5. The number of aryl methyl sites for hydroxylation is 2. The van der Waals surface area contributed by atoms with Gasteiger partial charge in [-0.05, 0) is 56.4 Å². The molecule has 0 saturated carbocycles. The quantitative estimate of drug-likeness (QED) is 0.403. The maximum absolute atomic E-state index is 10.4. The van der Waals surface area contributed by atoms with Crippen molar-refractivity contribution < 1.29 is 9.57 Å². The molecule has 0 aromatic heterocycles. The molecule has 1 atom stereocenters. The number of benzene rings is 1. The number of ether oxygens (including phenoxy) is 1. The fourth-order valence-electron chi connectivity index (χ4n) is 2.76. The van der Waals surface area contributed by atoms with E-state index in [1.165, 1.54) is 23.1 Å². The molecular weight excluding hydrogens is 304 g/mol. The maximum atomic E-state index is 10.4. The normalized spacial score (nSPS) is 15.3. The summed E-state index contributed by atoms with van der Waals surface area (Å²) in [6.07, 6.45) is 9.09. The van der Waals surface area contributed by atoms with Gasteiger partial charge in [0, 0.05) is 13.1 Å². The third kappa shape index (κ3) is 5.81. The van der Waals surface area contributed by atoms with E-state index in [1.54, 1.807) is 0 Å². The summed E-state index contributed by atoms with van der Waals surface area (Å²) in [5.74, 6) is 0.819. The van der Waals surface area contributed by atoms with Crippen molar-refractivity contribution in [3.63, 3.8) is 0 Å². The summed E-state index contributed by atoms with van der Waals surface area (Å²) < 4.78 is 5.78. The number of hydrogen-bond donors (Lipinski definition) is 1. The van der Waals surface area contributed by atoms with Gasteiger partial charge in [0.2, 0.25) is 0 Å². The summed E-state index contributed by atoms with van der Waals surface area (Å²) in [5.41, 5.74) is 3.97. The van der Waals surface area contributed by atoms with Crippen LogP contribution in [0.5, 0.6) is 5.75 Å². The Morgan fingerprint density at radius 2 is 2.21 bits per heavy atom. The Bertz CT molecular complexity index is 596. The number of nitrogens with one attached hydrogen (secondary N) is 1. The first-order chi connectivity index (χ1) is 11.7. The van der Waals surface area contributed by atoms with Crippen molar-refractivity contribution in [2.24, 2.45) is 5.34 Å². The van der Waals surface area contributed by atoms with Gasteiger partial charge in [-0.1, -0.05) is 29.9 Å². The van der Waals surface area contributed by atoms with Gasteiger partial charge in [-0.15, -0.1) is 4.91 Å². The van der Waals surface area contributed by atoms with E-state index in [2.05, 4.69) is 22.8 Å². The minimum absolute atomic E-state index is 0.287. The van der Waals surface area contributed by atoms with Crippen LogP contribution in [0.2, 0.25) is 0 Å². The smallest absolute Gasteiger partial charge is 0.176 e. The molecule has 1 aliphatic carbocycles. The van der Waals surface area contributed by atoms with Crippen LogP contribution in [-0.2, 0) is 17.7 Å². The van der Waals surface area contributed by atoms with Crippen LogP contribution < -0.4 is 10.1 Å². The van der Waals surface area contributed by atoms with Gasteiger partial charge in [-0.3, -0.25) is 0 Å². The van der Waals surface area contributed by atoms with Gasteiger partial charge >= 0.3 is 0 Å². The molecule has 0 amide bonds. The third-order valence-corrected chi connectivity index (χ3v) is 4.05. The molecule has 1 aromatic rings. The van der Waals surface area contributed by atoms with Gasteiger partial charge < -0.3 is 14.9 Å². The summed E-state index contributed by atoms with van der Waals surface area (Å²) in [5, 5.41) is 5.81. The van der Waals surface area contributed by atoms with Crippen LogP contribution in [0.4, 0.5) is 0 Å². The molecule has 5 heteroatoms. The first-order valence-corrected chi connectivity index (χ1v) is 8.45. The Labute approximate surface area is 143 Å². The molecule has 1 aromatic carbocycles. The van der Waals surface area contributed by atoms with Crippen molar-refractivity contribution in [3.8, 4) is 5.75 Å². The van der Waals surface area contributed by atoms with E-state index in [-0.39, 0.29) is 6.61 Å². The predicted molar refractivity (Wildman–Crippen MR) is 96.1 cm³/mol. The second-order valence-electron chi connectivity index (χ2n) is 6.07. The molecule has 0 heterocycles. The highest BCUT2D eigenvalue weighted by Crippen LogP contribution is 2.26. The topological polar surface area (TPSA) is 59.9 Å². The highest BCUT2D eigenvalue weighted by atomic mass is 16.7. The Balaban J connectivity index is 1.79. The van der Waals surface area contributed by atoms with Crippen LogP contribution in [-0.4, -0.2) is 25.8 Å². The van der Waals surface area contributed by atoms with E-state index >= 15 is 0 Å². The second kappa shape index (κ2) is 9.88. The van der Waals surface area contributed by atoms with Crippen molar-refractivity contribution in [2.45, 2.75) is 39.2 Å². The van der Waals surface area contributed by atoms with Gasteiger partial charge in [0.25, 0.3) is 0 Å². The van der Waals surface area contributed by atoms with E-state index < -0.39 is 6.10 Å². The van der Waals surface area contributed by atoms with Gasteiger partial charge in [-0.25, -0.2) is 0 Å². The van der Waals surface area contributed by atoms with Crippen molar-refractivity contribution in [2.75, 3.05) is 19.7 Å². The minimum atomic E-state index is -0.412. The van der Waals surface area contributed by atoms with Gasteiger partial charge in [0.15, 0.2) is 11.4 Å². The summed E-state index contributed by atoms with van der Waals surface area (Å²) in [4.78, 5) is 15.3. The Morgan fingerprint density at radius 3 is 3.00 bits per heavy atom. The molecule has 130 valence electrons. The summed E-state index contributed by atoms with van der Waals surface area (Å²) in [6, 6.07) is 6.19. The van der Waals surface area contributed by atoms with Crippen LogP contribution in [0.3, 0.4) is 0 Å². The molecule has 0 fully saturated rings. The monoisotopic (exact) mass is 330 g/mol. The molecule has 24 heavy (non-hydrogen) atoms. The lowest BCUT2D eigenvalue weighted by Crippen LogP contribution is -2.33. The number of allylic oxidation sites excluding steroid dienone is 3. The van der Waals surface area contributed by atoms with Crippen LogP contribution in [0.15, 0.2) is 47.3 Å². The molecule has 1 N–H and O–H groups in total. The predicted octanol–water partition coefficient (Wildman–Crippen LogP) is 3.73. The van der Waals surface area contributed by atoms with E-state index in [4.69, 9.17) is 9.57 Å². The highest BCUT2D eigenvalue weighted by molar-refractivity contribution is 5.38. The van der Waals surface area contributed by atoms with Crippen LogP contribution in [0.25, 0.3) is 0 Å². The second-order valence-corrected chi connectivity index (χ2v) is 6.07. The minimum Gasteiger partial charge on any atom is -0.490 e. The lowest BCUT2D eigenvalue weighted by Gasteiger charge is -2.16. The molecule has 0 aliphatic heterocycles. The largest absolute Gasteiger partial charge is 0.490 e. The fourth-order valence-corrected chi connectivity index (χ4v) is 2.76. The first-order valence-electron chi connectivity index (χ1n) is 8.45. The third-order valence-electron chi connectivity index (χ3n) is 4.05. The van der Waals surface area contributed by atoms with Crippen LogP contribution in [0, 0.1) is 4.91 Å². The zero-order valence-electron chi connectivity index (χ0n) is 14.5. The first kappa shape index (κ1) is 18.2. The average Bonchev–Trinajstić information content (AvgIpc) is 3.05. The van der Waals surface area contributed by atoms with Crippen molar-refractivity contribution >= 4 is 0 Å². The zero-order chi connectivity index (χ0) is 17.2. The average molecular weight is 330 g/mol. The Hall–Kier alpha value is -2.14. The lowest BCUT2D eigenvalue weighted by atomic mass is 10.1. The number of fused-ring (bicyclic) bond motifs is 1. The molecule has 1 aliphatic rings. The van der Waals surface area contributed by atoms with E-state index in [1.807, 2.05) is 38.1 Å². The summed E-state index contributed by atoms with van der Waals surface area (Å²) in [6.45, 7) is 5.53. The molecule has 0 spiro atoms. The lowest BCUT2D eigenvalue weighted by molar-refractivity contribution is 0.0222. The Kier molecular flexibility index (Phi) is 7.49. The summed E-state index contributed by atoms with van der Waals surface area (Å²) in [7, 11) is 0. The molecule has 1 unspecified atom stereocenters. The van der Waals surface area contributed by atoms with Crippen molar-refractivity contribution in [1.82, 2.24) is 5.32 Å². The van der Waals surface area contributed by atoms with Crippen molar-refractivity contribution in [1.29, 1.82) is 0 Å².